The van der Waals surface area contributed by atoms with Gasteiger partial charge in [-0.2, -0.15) is 5.10 Å². The zero-order valence-electron chi connectivity index (χ0n) is 8.10. The lowest BCUT2D eigenvalue weighted by Gasteiger charge is -2.05. The first-order valence-electron chi connectivity index (χ1n) is 4.68. The average Bonchev–Trinajstić information content (AvgIpc) is 2.71. The number of hydrogen-bond donors (Lipinski definition) is 1. The molecule has 0 saturated heterocycles. The van der Waals surface area contributed by atoms with Crippen LogP contribution in [0.1, 0.15) is 0 Å². The Balaban J connectivity index is 1.83. The monoisotopic (exact) mass is 222 g/mol. The van der Waals surface area contributed by atoms with Crippen LogP contribution in [-0.2, 0) is 6.54 Å². The van der Waals surface area contributed by atoms with Crippen LogP contribution in [0.4, 0.5) is 5.82 Å². The third kappa shape index (κ3) is 2.95. The number of hydrogen-bond acceptors (Lipinski definition) is 3. The third-order valence-electron chi connectivity index (χ3n) is 1.92. The molecule has 15 heavy (non-hydrogen) atoms. The van der Waals surface area contributed by atoms with Crippen LogP contribution in [0.2, 0.25) is 5.15 Å². The van der Waals surface area contributed by atoms with E-state index in [1.807, 2.05) is 29.1 Å². The minimum atomic E-state index is 0.499. The smallest absolute Gasteiger partial charge is 0.131 e. The number of nitrogens with one attached hydrogen (secondary N) is 1. The van der Waals surface area contributed by atoms with Gasteiger partial charge in [-0.3, -0.25) is 4.68 Å². The summed E-state index contributed by atoms with van der Waals surface area (Å²) in [7, 11) is 0. The first kappa shape index (κ1) is 9.98. The van der Waals surface area contributed by atoms with Crippen molar-refractivity contribution in [3.8, 4) is 0 Å². The van der Waals surface area contributed by atoms with Gasteiger partial charge in [0.25, 0.3) is 0 Å². The third-order valence-corrected chi connectivity index (χ3v) is 2.13. The van der Waals surface area contributed by atoms with Crippen molar-refractivity contribution in [2.24, 2.45) is 0 Å². The molecule has 0 amide bonds. The average molecular weight is 223 g/mol. The normalized spacial score (nSPS) is 10.2. The summed E-state index contributed by atoms with van der Waals surface area (Å²) in [4.78, 5) is 4.12. The van der Waals surface area contributed by atoms with E-state index in [9.17, 15) is 0 Å². The van der Waals surface area contributed by atoms with E-state index >= 15 is 0 Å². The predicted molar refractivity (Wildman–Crippen MR) is 60.0 cm³/mol. The summed E-state index contributed by atoms with van der Waals surface area (Å²) in [6.45, 7) is 1.58. The van der Waals surface area contributed by atoms with Crippen molar-refractivity contribution in [1.82, 2.24) is 14.8 Å². The molecule has 0 aliphatic rings. The molecule has 4 nitrogen and oxygen atoms in total. The van der Waals surface area contributed by atoms with E-state index in [2.05, 4.69) is 15.4 Å². The summed E-state index contributed by atoms with van der Waals surface area (Å²) in [5.74, 6) is 0.787. The van der Waals surface area contributed by atoms with Crippen LogP contribution in [0, 0.1) is 0 Å². The van der Waals surface area contributed by atoms with E-state index in [0.717, 1.165) is 18.9 Å². The first-order valence-corrected chi connectivity index (χ1v) is 5.06. The Bertz CT molecular complexity index is 413. The topological polar surface area (TPSA) is 42.7 Å². The van der Waals surface area contributed by atoms with Gasteiger partial charge in [-0.05, 0) is 18.2 Å². The van der Waals surface area contributed by atoms with Gasteiger partial charge in [0, 0.05) is 18.9 Å². The molecular weight excluding hydrogens is 212 g/mol. The van der Waals surface area contributed by atoms with E-state index < -0.39 is 0 Å². The van der Waals surface area contributed by atoms with Gasteiger partial charge in [0.1, 0.15) is 11.0 Å². The zero-order valence-corrected chi connectivity index (χ0v) is 8.85. The Morgan fingerprint density at radius 1 is 1.33 bits per heavy atom. The molecule has 78 valence electrons. The van der Waals surface area contributed by atoms with Crippen molar-refractivity contribution in [1.29, 1.82) is 0 Å². The molecule has 0 atom stereocenters. The summed E-state index contributed by atoms with van der Waals surface area (Å²) >= 11 is 5.75. The number of anilines is 1. The summed E-state index contributed by atoms with van der Waals surface area (Å²) in [6.07, 6.45) is 3.69. The summed E-state index contributed by atoms with van der Waals surface area (Å²) in [5, 5.41) is 7.76. The molecule has 0 spiro atoms. The summed E-state index contributed by atoms with van der Waals surface area (Å²) in [6, 6.07) is 7.40. The lowest BCUT2D eigenvalue weighted by Crippen LogP contribution is -2.11. The highest BCUT2D eigenvalue weighted by molar-refractivity contribution is 6.29. The van der Waals surface area contributed by atoms with Crippen molar-refractivity contribution in [2.45, 2.75) is 6.54 Å². The molecule has 0 bridgehead atoms. The minimum Gasteiger partial charge on any atom is -0.368 e. The number of aromatic nitrogens is 3. The second-order valence-corrected chi connectivity index (χ2v) is 3.43. The molecule has 0 aliphatic heterocycles. The maximum absolute atomic E-state index is 5.75. The molecule has 1 N–H and O–H groups in total. The molecule has 2 rings (SSSR count). The van der Waals surface area contributed by atoms with Gasteiger partial charge in [0.05, 0.1) is 6.54 Å². The standard InChI is InChI=1S/C10H11ClN4/c11-9-3-1-4-10(14-9)12-6-8-15-7-2-5-13-15/h1-5,7H,6,8H2,(H,12,14). The summed E-state index contributed by atoms with van der Waals surface area (Å²) in [5.41, 5.74) is 0. The van der Waals surface area contributed by atoms with Gasteiger partial charge < -0.3 is 5.32 Å². The highest BCUT2D eigenvalue weighted by Crippen LogP contribution is 2.08. The van der Waals surface area contributed by atoms with Crippen LogP contribution in [0.15, 0.2) is 36.7 Å². The fourth-order valence-electron chi connectivity index (χ4n) is 1.24. The van der Waals surface area contributed by atoms with E-state index in [1.165, 1.54) is 0 Å². The highest BCUT2D eigenvalue weighted by Gasteiger charge is 1.94. The highest BCUT2D eigenvalue weighted by atomic mass is 35.5. The minimum absolute atomic E-state index is 0.499. The van der Waals surface area contributed by atoms with Crippen molar-refractivity contribution in [2.75, 3.05) is 11.9 Å². The van der Waals surface area contributed by atoms with Crippen LogP contribution in [0.3, 0.4) is 0 Å². The molecular formula is C10H11ClN4. The number of halogens is 1. The molecule has 0 aliphatic carbocycles. The van der Waals surface area contributed by atoms with Crippen LogP contribution in [-0.4, -0.2) is 21.3 Å². The number of pyridine rings is 1. The van der Waals surface area contributed by atoms with Crippen LogP contribution >= 0.6 is 11.6 Å². The van der Waals surface area contributed by atoms with E-state index in [0.29, 0.717) is 5.15 Å². The van der Waals surface area contributed by atoms with E-state index in [1.54, 1.807) is 12.3 Å². The van der Waals surface area contributed by atoms with Crippen LogP contribution < -0.4 is 5.32 Å². The zero-order chi connectivity index (χ0) is 10.5. The molecule has 0 radical (unpaired) electrons. The van der Waals surface area contributed by atoms with Gasteiger partial charge in [-0.25, -0.2) is 4.98 Å². The lowest BCUT2D eigenvalue weighted by molar-refractivity contribution is 0.637. The fraction of sp³-hybridized carbons (Fsp3) is 0.200. The van der Waals surface area contributed by atoms with Gasteiger partial charge in [0.15, 0.2) is 0 Å². The Hall–Kier alpha value is -1.55. The second kappa shape index (κ2) is 4.79. The molecule has 0 aromatic carbocycles. The SMILES string of the molecule is Clc1cccc(NCCn2cccn2)n1. The predicted octanol–water partition coefficient (Wildman–Crippen LogP) is 2.04. The molecule has 5 heteroatoms. The second-order valence-electron chi connectivity index (χ2n) is 3.04. The molecule has 2 aromatic heterocycles. The molecule has 2 aromatic rings. The molecule has 0 fully saturated rings. The van der Waals surface area contributed by atoms with Crippen molar-refractivity contribution in [3.63, 3.8) is 0 Å². The van der Waals surface area contributed by atoms with Crippen LogP contribution in [0.25, 0.3) is 0 Å². The van der Waals surface area contributed by atoms with Gasteiger partial charge >= 0.3 is 0 Å². The maximum atomic E-state index is 5.75. The fourth-order valence-corrected chi connectivity index (χ4v) is 1.40. The Kier molecular flexibility index (Phi) is 3.19. The first-order chi connectivity index (χ1) is 7.34. The Morgan fingerprint density at radius 2 is 2.27 bits per heavy atom. The van der Waals surface area contributed by atoms with E-state index in [4.69, 9.17) is 11.6 Å². The van der Waals surface area contributed by atoms with Gasteiger partial charge in [-0.15, -0.1) is 0 Å². The van der Waals surface area contributed by atoms with Gasteiger partial charge in [-0.1, -0.05) is 17.7 Å². The number of nitrogens with zero attached hydrogens (tertiary/aromatic N) is 3. The van der Waals surface area contributed by atoms with Crippen LogP contribution in [0.5, 0.6) is 0 Å². The lowest BCUT2D eigenvalue weighted by atomic mass is 10.4. The number of rotatable bonds is 4. The quantitative estimate of drug-likeness (QED) is 0.806. The largest absolute Gasteiger partial charge is 0.368 e. The Labute approximate surface area is 92.9 Å². The van der Waals surface area contributed by atoms with Crippen molar-refractivity contribution >= 4 is 17.4 Å². The molecule has 0 saturated carbocycles. The molecule has 2 heterocycles. The van der Waals surface area contributed by atoms with Crippen molar-refractivity contribution in [3.05, 3.63) is 41.8 Å². The van der Waals surface area contributed by atoms with E-state index in [-0.39, 0.29) is 0 Å². The maximum Gasteiger partial charge on any atom is 0.131 e. The van der Waals surface area contributed by atoms with Crippen molar-refractivity contribution < 1.29 is 0 Å². The van der Waals surface area contributed by atoms with Gasteiger partial charge in [0.2, 0.25) is 0 Å². The molecule has 0 unspecified atom stereocenters. The summed E-state index contributed by atoms with van der Waals surface area (Å²) < 4.78 is 1.86. The Morgan fingerprint density at radius 3 is 3.00 bits per heavy atom.